The summed E-state index contributed by atoms with van der Waals surface area (Å²) in [4.78, 5) is 14.5. The summed E-state index contributed by atoms with van der Waals surface area (Å²) in [5.74, 6) is 0.456. The van der Waals surface area contributed by atoms with Gasteiger partial charge in [-0.2, -0.15) is 10.4 Å². The van der Waals surface area contributed by atoms with E-state index < -0.39 is 0 Å². The zero-order chi connectivity index (χ0) is 11.5. The Morgan fingerprint density at radius 1 is 1.50 bits per heavy atom. The van der Waals surface area contributed by atoms with E-state index >= 15 is 0 Å². The first-order chi connectivity index (χ1) is 7.74. The third-order valence-corrected chi connectivity index (χ3v) is 2.25. The average molecular weight is 233 g/mol. The number of halogens is 1. The molecule has 0 aromatic carbocycles. The van der Waals surface area contributed by atoms with Gasteiger partial charge in [-0.3, -0.25) is 4.79 Å². The second kappa shape index (κ2) is 4.13. The third-order valence-electron chi connectivity index (χ3n) is 1.93. The molecule has 0 unspecified atom stereocenters. The summed E-state index contributed by atoms with van der Waals surface area (Å²) in [5.41, 5.74) is 0.746. The van der Waals surface area contributed by atoms with Crippen molar-refractivity contribution >= 4 is 17.9 Å². The normalized spacial score (nSPS) is 9.75. The van der Waals surface area contributed by atoms with E-state index in [-0.39, 0.29) is 0 Å². The van der Waals surface area contributed by atoms with Crippen molar-refractivity contribution in [1.82, 2.24) is 14.8 Å². The quantitative estimate of drug-likeness (QED) is 0.738. The molecule has 0 bridgehead atoms. The predicted molar refractivity (Wildman–Crippen MR) is 56.5 cm³/mol. The van der Waals surface area contributed by atoms with Crippen molar-refractivity contribution in [3.05, 3.63) is 40.8 Å². The largest absolute Gasteiger partial charge is 0.298 e. The maximum atomic E-state index is 10.5. The number of nitrogens with zero attached hydrogens (tertiary/aromatic N) is 4. The summed E-state index contributed by atoms with van der Waals surface area (Å²) in [6.45, 7) is 0. The molecule has 0 saturated carbocycles. The average Bonchev–Trinajstić information content (AvgIpc) is 2.77. The van der Waals surface area contributed by atoms with E-state index in [2.05, 4.69) is 10.1 Å². The van der Waals surface area contributed by atoms with Crippen molar-refractivity contribution < 1.29 is 4.79 Å². The number of hydrogen-bond donors (Lipinski definition) is 0. The summed E-state index contributed by atoms with van der Waals surface area (Å²) in [6, 6.07) is 3.43. The van der Waals surface area contributed by atoms with Crippen LogP contribution in [0.3, 0.4) is 0 Å². The number of aromatic nitrogens is 3. The van der Waals surface area contributed by atoms with Crippen molar-refractivity contribution in [2.24, 2.45) is 0 Å². The highest BCUT2D eigenvalue weighted by Crippen LogP contribution is 2.16. The van der Waals surface area contributed by atoms with Gasteiger partial charge in [0.05, 0.1) is 22.3 Å². The van der Waals surface area contributed by atoms with Crippen LogP contribution >= 0.6 is 11.6 Å². The number of carbonyl (C=O) groups is 1. The smallest absolute Gasteiger partial charge is 0.154 e. The molecule has 2 aromatic heterocycles. The first-order valence-corrected chi connectivity index (χ1v) is 4.68. The van der Waals surface area contributed by atoms with Crippen LogP contribution < -0.4 is 0 Å². The molecule has 0 aliphatic rings. The Balaban J connectivity index is 2.45. The van der Waals surface area contributed by atoms with E-state index in [4.69, 9.17) is 16.9 Å². The van der Waals surface area contributed by atoms with Crippen LogP contribution in [0.1, 0.15) is 15.9 Å². The molecule has 6 heteroatoms. The van der Waals surface area contributed by atoms with Gasteiger partial charge in [0, 0.05) is 18.5 Å². The molecule has 2 heterocycles. The predicted octanol–water partition coefficient (Wildman–Crippen LogP) is 1.60. The van der Waals surface area contributed by atoms with Crippen LogP contribution in [0.2, 0.25) is 5.02 Å². The number of pyridine rings is 1. The Labute approximate surface area is 95.9 Å². The van der Waals surface area contributed by atoms with Gasteiger partial charge in [0.25, 0.3) is 0 Å². The van der Waals surface area contributed by atoms with E-state index in [1.54, 1.807) is 0 Å². The lowest BCUT2D eigenvalue weighted by Gasteiger charge is -2.00. The zero-order valence-corrected chi connectivity index (χ0v) is 8.72. The van der Waals surface area contributed by atoms with Crippen molar-refractivity contribution in [2.75, 3.05) is 0 Å². The summed E-state index contributed by atoms with van der Waals surface area (Å²) < 4.78 is 1.41. The summed E-state index contributed by atoms with van der Waals surface area (Å²) in [5, 5.41) is 12.9. The fourth-order valence-electron chi connectivity index (χ4n) is 1.15. The highest BCUT2D eigenvalue weighted by Gasteiger charge is 2.05. The highest BCUT2D eigenvalue weighted by molar-refractivity contribution is 6.31. The van der Waals surface area contributed by atoms with Gasteiger partial charge >= 0.3 is 0 Å². The van der Waals surface area contributed by atoms with Gasteiger partial charge in [0.2, 0.25) is 0 Å². The molecule has 5 nitrogen and oxygen atoms in total. The molecule has 0 atom stereocenters. The van der Waals surface area contributed by atoms with Crippen LogP contribution in [0, 0.1) is 11.3 Å². The Kier molecular flexibility index (Phi) is 2.66. The van der Waals surface area contributed by atoms with E-state index in [1.807, 2.05) is 6.07 Å². The molecule has 0 aliphatic heterocycles. The summed E-state index contributed by atoms with van der Waals surface area (Å²) >= 11 is 5.85. The van der Waals surface area contributed by atoms with Gasteiger partial charge in [0.1, 0.15) is 6.07 Å². The highest BCUT2D eigenvalue weighted by atomic mass is 35.5. The van der Waals surface area contributed by atoms with Gasteiger partial charge in [-0.25, -0.2) is 9.67 Å². The standard InChI is InChI=1S/C10H5ClN4O/c11-9-1-10(13-4-8(9)2-12)15-5-7(6-16)3-14-15/h1,3-6H. The minimum Gasteiger partial charge on any atom is -0.298 e. The molecule has 2 aromatic rings. The van der Waals surface area contributed by atoms with Gasteiger partial charge in [-0.05, 0) is 0 Å². The summed E-state index contributed by atoms with van der Waals surface area (Å²) in [7, 11) is 0. The molecular weight excluding hydrogens is 228 g/mol. The second-order valence-corrected chi connectivity index (χ2v) is 3.38. The molecule has 0 radical (unpaired) electrons. The first kappa shape index (κ1) is 10.3. The van der Waals surface area contributed by atoms with Crippen LogP contribution in [-0.2, 0) is 0 Å². The molecule has 0 aliphatic carbocycles. The lowest BCUT2D eigenvalue weighted by atomic mass is 10.3. The van der Waals surface area contributed by atoms with Crippen molar-refractivity contribution in [3.8, 4) is 11.9 Å². The minimum atomic E-state index is 0.299. The lowest BCUT2D eigenvalue weighted by molar-refractivity contribution is 0.112. The third kappa shape index (κ3) is 1.78. The molecule has 78 valence electrons. The maximum Gasteiger partial charge on any atom is 0.154 e. The Hall–Kier alpha value is -2.19. The monoisotopic (exact) mass is 232 g/mol. The minimum absolute atomic E-state index is 0.299. The van der Waals surface area contributed by atoms with Crippen LogP contribution in [0.4, 0.5) is 0 Å². The molecule has 0 amide bonds. The molecule has 0 saturated heterocycles. The van der Waals surface area contributed by atoms with Crippen LogP contribution in [0.5, 0.6) is 0 Å². The van der Waals surface area contributed by atoms with E-state index in [1.165, 1.54) is 29.3 Å². The Bertz CT molecular complexity index is 585. The fourth-order valence-corrected chi connectivity index (χ4v) is 1.34. The zero-order valence-electron chi connectivity index (χ0n) is 7.96. The molecule has 0 N–H and O–H groups in total. The first-order valence-electron chi connectivity index (χ1n) is 4.30. The SMILES string of the molecule is N#Cc1cnc(-n2cc(C=O)cn2)cc1Cl. The maximum absolute atomic E-state index is 10.5. The van der Waals surface area contributed by atoms with Gasteiger partial charge in [0.15, 0.2) is 12.1 Å². The topological polar surface area (TPSA) is 71.6 Å². The Morgan fingerprint density at radius 3 is 2.88 bits per heavy atom. The number of carbonyl (C=O) groups excluding carboxylic acids is 1. The summed E-state index contributed by atoms with van der Waals surface area (Å²) in [6.07, 6.45) is 4.99. The number of hydrogen-bond acceptors (Lipinski definition) is 4. The number of nitriles is 1. The Morgan fingerprint density at radius 2 is 2.31 bits per heavy atom. The van der Waals surface area contributed by atoms with E-state index in [0.717, 1.165) is 0 Å². The van der Waals surface area contributed by atoms with Gasteiger partial charge < -0.3 is 0 Å². The molecular formula is C10H5ClN4O. The van der Waals surface area contributed by atoms with Gasteiger partial charge in [-0.15, -0.1) is 0 Å². The molecule has 0 fully saturated rings. The number of rotatable bonds is 2. The molecule has 0 spiro atoms. The van der Waals surface area contributed by atoms with Crippen molar-refractivity contribution in [2.45, 2.75) is 0 Å². The van der Waals surface area contributed by atoms with Crippen molar-refractivity contribution in [1.29, 1.82) is 5.26 Å². The molecule has 2 rings (SSSR count). The van der Waals surface area contributed by atoms with Crippen LogP contribution in [-0.4, -0.2) is 21.1 Å². The van der Waals surface area contributed by atoms with Crippen LogP contribution in [0.15, 0.2) is 24.7 Å². The number of aldehydes is 1. The fraction of sp³-hybridized carbons (Fsp3) is 0. The molecule has 16 heavy (non-hydrogen) atoms. The van der Waals surface area contributed by atoms with Gasteiger partial charge in [-0.1, -0.05) is 11.6 Å². The van der Waals surface area contributed by atoms with Crippen molar-refractivity contribution in [3.63, 3.8) is 0 Å². The van der Waals surface area contributed by atoms with E-state index in [9.17, 15) is 4.79 Å². The van der Waals surface area contributed by atoms with E-state index in [0.29, 0.717) is 28.3 Å². The second-order valence-electron chi connectivity index (χ2n) is 2.97. The van der Waals surface area contributed by atoms with Crippen LogP contribution in [0.25, 0.3) is 5.82 Å². The lowest BCUT2D eigenvalue weighted by Crippen LogP contribution is -1.98.